The zero-order valence-corrected chi connectivity index (χ0v) is 18.9. The molecule has 0 bridgehead atoms. The van der Waals surface area contributed by atoms with Crippen LogP contribution in [0.4, 0.5) is 0 Å². The van der Waals surface area contributed by atoms with Crippen LogP contribution in [0.2, 0.25) is 0 Å². The van der Waals surface area contributed by atoms with E-state index < -0.39 is 0 Å². The van der Waals surface area contributed by atoms with Gasteiger partial charge in [0, 0.05) is 51.1 Å². The van der Waals surface area contributed by atoms with Crippen molar-refractivity contribution < 1.29 is 4.74 Å². The lowest BCUT2D eigenvalue weighted by Gasteiger charge is -2.23. The van der Waals surface area contributed by atoms with Gasteiger partial charge in [0.1, 0.15) is 17.2 Å². The van der Waals surface area contributed by atoms with E-state index in [4.69, 9.17) is 4.74 Å². The van der Waals surface area contributed by atoms with Gasteiger partial charge < -0.3 is 19.9 Å². The summed E-state index contributed by atoms with van der Waals surface area (Å²) in [6.07, 6.45) is 4.70. The molecule has 0 fully saturated rings. The van der Waals surface area contributed by atoms with Gasteiger partial charge in [0.05, 0.1) is 0 Å². The van der Waals surface area contributed by atoms with Gasteiger partial charge in [0.25, 0.3) is 0 Å². The molecule has 0 unspecified atom stereocenters. The van der Waals surface area contributed by atoms with Gasteiger partial charge in [-0.15, -0.1) is 0 Å². The van der Waals surface area contributed by atoms with E-state index >= 15 is 0 Å². The molecule has 6 heteroatoms. The van der Waals surface area contributed by atoms with Gasteiger partial charge in [-0.3, -0.25) is 4.99 Å². The first-order valence-electron chi connectivity index (χ1n) is 10.7. The van der Waals surface area contributed by atoms with E-state index in [9.17, 15) is 0 Å². The van der Waals surface area contributed by atoms with Gasteiger partial charge in [-0.05, 0) is 32.4 Å². The number of para-hydroxylation sites is 1. The van der Waals surface area contributed by atoms with Crippen LogP contribution in [0.25, 0.3) is 0 Å². The van der Waals surface area contributed by atoms with E-state index in [0.717, 1.165) is 42.6 Å². The second kappa shape index (κ2) is 10.7. The van der Waals surface area contributed by atoms with Crippen molar-refractivity contribution in [3.05, 3.63) is 83.9 Å². The van der Waals surface area contributed by atoms with Gasteiger partial charge in [0.2, 0.25) is 0 Å². The number of guanidine groups is 1. The highest BCUT2D eigenvalue weighted by Crippen LogP contribution is 2.22. The highest BCUT2D eigenvalue weighted by atomic mass is 16.5. The molecule has 1 aromatic heterocycles. The Hall–Kier alpha value is -3.28. The topological polar surface area (TPSA) is 63.5 Å². The number of nitrogens with zero attached hydrogens (tertiary/aromatic N) is 3. The molecule has 0 amide bonds. The summed E-state index contributed by atoms with van der Waals surface area (Å²) in [4.78, 5) is 8.86. The average molecular weight is 420 g/mol. The number of benzene rings is 2. The van der Waals surface area contributed by atoms with Crippen LogP contribution < -0.4 is 15.4 Å². The summed E-state index contributed by atoms with van der Waals surface area (Å²) < 4.78 is 8.27. The SMILES string of the molecule is CN=C(NCCc1nccn1Cc1ccccc1)NCc1ccccc1OC(C)(C)C. The summed E-state index contributed by atoms with van der Waals surface area (Å²) in [6, 6.07) is 18.5. The van der Waals surface area contributed by atoms with Crippen LogP contribution >= 0.6 is 0 Å². The second-order valence-electron chi connectivity index (χ2n) is 8.38. The van der Waals surface area contributed by atoms with Gasteiger partial charge in [-0.1, -0.05) is 48.5 Å². The van der Waals surface area contributed by atoms with Crippen LogP contribution in [0.3, 0.4) is 0 Å². The quantitative estimate of drug-likeness (QED) is 0.428. The van der Waals surface area contributed by atoms with Crippen molar-refractivity contribution in [3.8, 4) is 5.75 Å². The lowest BCUT2D eigenvalue weighted by molar-refractivity contribution is 0.129. The fraction of sp³-hybridized carbons (Fsp3) is 0.360. The van der Waals surface area contributed by atoms with Gasteiger partial charge in [-0.2, -0.15) is 0 Å². The van der Waals surface area contributed by atoms with E-state index in [1.54, 1.807) is 7.05 Å². The number of imidazole rings is 1. The van der Waals surface area contributed by atoms with E-state index in [1.165, 1.54) is 5.56 Å². The van der Waals surface area contributed by atoms with Crippen molar-refractivity contribution >= 4 is 5.96 Å². The molecule has 164 valence electrons. The van der Waals surface area contributed by atoms with Crippen LogP contribution in [0.5, 0.6) is 5.75 Å². The maximum atomic E-state index is 6.08. The summed E-state index contributed by atoms with van der Waals surface area (Å²) in [5, 5.41) is 6.76. The molecule has 0 radical (unpaired) electrons. The summed E-state index contributed by atoms with van der Waals surface area (Å²) in [5.41, 5.74) is 2.12. The molecule has 1 heterocycles. The Morgan fingerprint density at radius 3 is 2.52 bits per heavy atom. The molecule has 0 atom stereocenters. The normalized spacial score (nSPS) is 11.9. The Labute approximate surface area is 185 Å². The maximum absolute atomic E-state index is 6.08. The number of hydrogen-bond acceptors (Lipinski definition) is 3. The Balaban J connectivity index is 1.51. The van der Waals surface area contributed by atoms with Crippen LogP contribution in [0.1, 0.15) is 37.7 Å². The zero-order chi connectivity index (χ0) is 22.1. The van der Waals surface area contributed by atoms with Gasteiger partial charge in [0.15, 0.2) is 5.96 Å². The first-order chi connectivity index (χ1) is 14.9. The smallest absolute Gasteiger partial charge is 0.191 e. The summed E-state index contributed by atoms with van der Waals surface area (Å²) >= 11 is 0. The molecule has 0 aliphatic carbocycles. The van der Waals surface area contributed by atoms with Crippen molar-refractivity contribution in [2.75, 3.05) is 13.6 Å². The number of ether oxygens (including phenoxy) is 1. The molecule has 2 N–H and O–H groups in total. The van der Waals surface area contributed by atoms with Crippen molar-refractivity contribution in [3.63, 3.8) is 0 Å². The largest absolute Gasteiger partial charge is 0.488 e. The Morgan fingerprint density at radius 2 is 1.77 bits per heavy atom. The summed E-state index contributed by atoms with van der Waals surface area (Å²) in [5.74, 6) is 2.70. The molecule has 31 heavy (non-hydrogen) atoms. The molecule has 6 nitrogen and oxygen atoms in total. The molecular formula is C25H33N5O. The van der Waals surface area contributed by atoms with E-state index in [-0.39, 0.29) is 5.60 Å². The number of aromatic nitrogens is 2. The van der Waals surface area contributed by atoms with Crippen molar-refractivity contribution in [1.29, 1.82) is 0 Å². The van der Waals surface area contributed by atoms with Crippen molar-refractivity contribution in [2.45, 2.75) is 45.9 Å². The molecule has 2 aromatic carbocycles. The molecule has 0 saturated heterocycles. The van der Waals surface area contributed by atoms with E-state index in [1.807, 2.05) is 36.7 Å². The predicted molar refractivity (Wildman–Crippen MR) is 126 cm³/mol. The average Bonchev–Trinajstić information content (AvgIpc) is 3.18. The molecule has 0 spiro atoms. The maximum Gasteiger partial charge on any atom is 0.191 e. The molecule has 3 rings (SSSR count). The highest BCUT2D eigenvalue weighted by molar-refractivity contribution is 5.79. The Bertz CT molecular complexity index is 973. The first-order valence-corrected chi connectivity index (χ1v) is 10.7. The number of nitrogens with one attached hydrogen (secondary N) is 2. The zero-order valence-electron chi connectivity index (χ0n) is 18.9. The van der Waals surface area contributed by atoms with Crippen LogP contribution in [-0.2, 0) is 19.5 Å². The van der Waals surface area contributed by atoms with Gasteiger partial charge in [-0.25, -0.2) is 4.98 Å². The third kappa shape index (κ3) is 7.17. The second-order valence-corrected chi connectivity index (χ2v) is 8.38. The van der Waals surface area contributed by atoms with Crippen LogP contribution in [0, 0.1) is 0 Å². The highest BCUT2D eigenvalue weighted by Gasteiger charge is 2.14. The fourth-order valence-electron chi connectivity index (χ4n) is 3.26. The molecule has 3 aromatic rings. The molecule has 0 aliphatic rings. The summed E-state index contributed by atoms with van der Waals surface area (Å²) in [7, 11) is 1.78. The van der Waals surface area contributed by atoms with Crippen molar-refractivity contribution in [2.24, 2.45) is 4.99 Å². The lowest BCUT2D eigenvalue weighted by atomic mass is 10.1. The third-order valence-electron chi connectivity index (χ3n) is 4.70. The molecule has 0 aliphatic heterocycles. The summed E-state index contributed by atoms with van der Waals surface area (Å²) in [6.45, 7) is 8.37. The third-order valence-corrected chi connectivity index (χ3v) is 4.70. The monoisotopic (exact) mass is 419 g/mol. The fourth-order valence-corrected chi connectivity index (χ4v) is 3.26. The van der Waals surface area contributed by atoms with E-state index in [2.05, 4.69) is 76.3 Å². The predicted octanol–water partition coefficient (Wildman–Crippen LogP) is 4.02. The lowest BCUT2D eigenvalue weighted by Crippen LogP contribution is -2.38. The number of hydrogen-bond donors (Lipinski definition) is 2. The minimum absolute atomic E-state index is 0.238. The minimum Gasteiger partial charge on any atom is -0.488 e. The van der Waals surface area contributed by atoms with Crippen LogP contribution in [-0.4, -0.2) is 34.7 Å². The number of rotatable bonds is 8. The van der Waals surface area contributed by atoms with Gasteiger partial charge >= 0.3 is 0 Å². The van der Waals surface area contributed by atoms with Crippen LogP contribution in [0.15, 0.2) is 72.0 Å². The standard InChI is InChI=1S/C25H33N5O/c1-25(2,3)31-22-13-9-8-12-21(22)18-29-24(26-4)28-15-14-23-27-16-17-30(23)19-20-10-6-5-7-11-20/h5-13,16-17H,14-15,18-19H2,1-4H3,(H2,26,28,29). The Kier molecular flexibility index (Phi) is 7.70. The molecular weight excluding hydrogens is 386 g/mol. The first kappa shape index (κ1) is 22.4. The van der Waals surface area contributed by atoms with E-state index in [0.29, 0.717) is 6.54 Å². The Morgan fingerprint density at radius 1 is 1.03 bits per heavy atom. The minimum atomic E-state index is -0.238. The van der Waals surface area contributed by atoms with Crippen molar-refractivity contribution in [1.82, 2.24) is 20.2 Å². The molecule has 0 saturated carbocycles. The number of aliphatic imine (C=N–C) groups is 1.